The van der Waals surface area contributed by atoms with E-state index in [-0.39, 0.29) is 11.8 Å². The summed E-state index contributed by atoms with van der Waals surface area (Å²) in [5.41, 5.74) is 3.19. The summed E-state index contributed by atoms with van der Waals surface area (Å²) in [6, 6.07) is 12.8. The number of carbonyl (C=O) groups is 2. The zero-order valence-corrected chi connectivity index (χ0v) is 17.8. The van der Waals surface area contributed by atoms with Gasteiger partial charge >= 0.3 is 0 Å². The minimum atomic E-state index is 0.0475. The molecule has 1 fully saturated rings. The summed E-state index contributed by atoms with van der Waals surface area (Å²) in [4.78, 5) is 35.6. The van der Waals surface area contributed by atoms with Gasteiger partial charge < -0.3 is 9.80 Å². The molecule has 0 N–H and O–H groups in total. The number of benzene rings is 1. The highest BCUT2D eigenvalue weighted by atomic mass is 16.2. The van der Waals surface area contributed by atoms with Crippen molar-refractivity contribution in [1.82, 2.24) is 14.8 Å². The van der Waals surface area contributed by atoms with Crippen LogP contribution < -0.4 is 4.90 Å². The Hall–Kier alpha value is -2.73. The Morgan fingerprint density at radius 2 is 1.70 bits per heavy atom. The second-order valence-electron chi connectivity index (χ2n) is 8.40. The van der Waals surface area contributed by atoms with Crippen molar-refractivity contribution in [2.45, 2.75) is 58.3 Å². The fourth-order valence-corrected chi connectivity index (χ4v) is 4.88. The third kappa shape index (κ3) is 4.38. The zero-order chi connectivity index (χ0) is 21.1. The number of carbonyl (C=O) groups excluding carboxylic acids is 2. The lowest BCUT2D eigenvalue weighted by Crippen LogP contribution is -2.44. The largest absolute Gasteiger partial charge is 0.337 e. The first kappa shape index (κ1) is 20.5. The second kappa shape index (κ2) is 8.96. The minimum absolute atomic E-state index is 0.0475. The topological polar surface area (TPSA) is 56.8 Å². The lowest BCUT2D eigenvalue weighted by Gasteiger charge is -2.33. The Balaban J connectivity index is 1.69. The van der Waals surface area contributed by atoms with Crippen molar-refractivity contribution in [3.63, 3.8) is 0 Å². The first-order chi connectivity index (χ1) is 14.5. The lowest BCUT2D eigenvalue weighted by molar-refractivity contribution is -0.130. The third-order valence-corrected chi connectivity index (χ3v) is 6.47. The summed E-state index contributed by atoms with van der Waals surface area (Å²) in [6.45, 7) is 6.05. The predicted octanol–water partition coefficient (Wildman–Crippen LogP) is 3.22. The fraction of sp³-hybridized carbons (Fsp3) is 0.458. The molecule has 6 nitrogen and oxygen atoms in total. The Bertz CT molecular complexity index is 901. The molecule has 0 spiro atoms. The first-order valence-corrected chi connectivity index (χ1v) is 10.8. The van der Waals surface area contributed by atoms with E-state index in [0.717, 1.165) is 37.1 Å². The highest BCUT2D eigenvalue weighted by Gasteiger charge is 2.36. The number of para-hydroxylation sites is 1. The van der Waals surface area contributed by atoms with Crippen molar-refractivity contribution >= 4 is 17.5 Å². The van der Waals surface area contributed by atoms with Gasteiger partial charge in [0, 0.05) is 70.2 Å². The van der Waals surface area contributed by atoms with Crippen molar-refractivity contribution in [2.24, 2.45) is 0 Å². The molecule has 0 aliphatic carbocycles. The molecular weight excluding hydrogens is 376 g/mol. The molecule has 0 radical (unpaired) electrons. The van der Waals surface area contributed by atoms with Crippen LogP contribution in [0.25, 0.3) is 0 Å². The molecule has 2 bridgehead atoms. The van der Waals surface area contributed by atoms with Crippen LogP contribution in [0.3, 0.4) is 0 Å². The Kier molecular flexibility index (Phi) is 6.13. The van der Waals surface area contributed by atoms with Gasteiger partial charge in [-0.2, -0.15) is 0 Å². The molecule has 2 amide bonds. The summed E-state index contributed by atoms with van der Waals surface area (Å²) in [5, 5.41) is 0. The van der Waals surface area contributed by atoms with Gasteiger partial charge in [-0.1, -0.05) is 18.2 Å². The highest BCUT2D eigenvalue weighted by molar-refractivity contribution is 5.92. The Morgan fingerprint density at radius 3 is 2.43 bits per heavy atom. The number of fused-ring (bicyclic) bond motifs is 3. The summed E-state index contributed by atoms with van der Waals surface area (Å²) < 4.78 is 0. The van der Waals surface area contributed by atoms with Crippen LogP contribution in [0.5, 0.6) is 0 Å². The van der Waals surface area contributed by atoms with Crippen LogP contribution >= 0.6 is 0 Å². The zero-order valence-electron chi connectivity index (χ0n) is 17.8. The molecular formula is C24H30N4O2. The highest BCUT2D eigenvalue weighted by Crippen LogP contribution is 2.32. The molecule has 0 saturated carbocycles. The van der Waals surface area contributed by atoms with Gasteiger partial charge in [0.2, 0.25) is 11.8 Å². The quantitative estimate of drug-likeness (QED) is 0.768. The third-order valence-electron chi connectivity index (χ3n) is 6.47. The molecule has 1 saturated heterocycles. The number of rotatable bonds is 2. The van der Waals surface area contributed by atoms with E-state index in [1.54, 1.807) is 13.8 Å². The van der Waals surface area contributed by atoms with Gasteiger partial charge in [0.05, 0.1) is 0 Å². The molecule has 2 aliphatic heterocycles. The van der Waals surface area contributed by atoms with E-state index >= 15 is 0 Å². The van der Waals surface area contributed by atoms with Gasteiger partial charge in [0.15, 0.2) is 0 Å². The number of nitrogens with zero attached hydrogens (tertiary/aromatic N) is 4. The number of aromatic nitrogens is 1. The molecule has 1 aromatic heterocycles. The SMILES string of the molecule is CC(=O)N1Cc2ccccc2N(C(C)=O)CCC2CCC(C1)N2Cc1ccncc1. The Labute approximate surface area is 178 Å². The Morgan fingerprint density at radius 1 is 0.967 bits per heavy atom. The summed E-state index contributed by atoms with van der Waals surface area (Å²) in [5.74, 6) is 0.122. The van der Waals surface area contributed by atoms with Crippen LogP contribution in [-0.2, 0) is 22.7 Å². The van der Waals surface area contributed by atoms with E-state index in [1.165, 1.54) is 5.56 Å². The van der Waals surface area contributed by atoms with E-state index in [2.05, 4.69) is 22.0 Å². The molecule has 2 atom stereocenters. The molecule has 158 valence electrons. The van der Waals surface area contributed by atoms with Gasteiger partial charge in [-0.25, -0.2) is 0 Å². The number of pyridine rings is 1. The predicted molar refractivity (Wildman–Crippen MR) is 117 cm³/mol. The van der Waals surface area contributed by atoms with Crippen LogP contribution in [0.4, 0.5) is 5.69 Å². The maximum Gasteiger partial charge on any atom is 0.223 e. The van der Waals surface area contributed by atoms with Gasteiger partial charge in [0.1, 0.15) is 0 Å². The van der Waals surface area contributed by atoms with Crippen LogP contribution in [-0.4, -0.2) is 51.8 Å². The minimum Gasteiger partial charge on any atom is -0.337 e. The average Bonchev–Trinajstić information content (AvgIpc) is 3.08. The summed E-state index contributed by atoms with van der Waals surface area (Å²) in [7, 11) is 0. The van der Waals surface area contributed by atoms with E-state index in [4.69, 9.17) is 0 Å². The summed E-state index contributed by atoms with van der Waals surface area (Å²) in [6.07, 6.45) is 6.75. The molecule has 2 aromatic rings. The monoisotopic (exact) mass is 406 g/mol. The maximum atomic E-state index is 12.5. The van der Waals surface area contributed by atoms with E-state index in [9.17, 15) is 9.59 Å². The van der Waals surface area contributed by atoms with Crippen molar-refractivity contribution < 1.29 is 9.59 Å². The molecule has 2 unspecified atom stereocenters. The second-order valence-corrected chi connectivity index (χ2v) is 8.40. The van der Waals surface area contributed by atoms with Crippen LogP contribution in [0.15, 0.2) is 48.8 Å². The van der Waals surface area contributed by atoms with Crippen LogP contribution in [0.2, 0.25) is 0 Å². The number of amides is 2. The first-order valence-electron chi connectivity index (χ1n) is 10.8. The van der Waals surface area contributed by atoms with Gasteiger partial charge in [0.25, 0.3) is 0 Å². The molecule has 2 aliphatic rings. The van der Waals surface area contributed by atoms with Crippen molar-refractivity contribution in [1.29, 1.82) is 0 Å². The number of hydrogen-bond donors (Lipinski definition) is 0. The van der Waals surface area contributed by atoms with E-state index in [1.807, 2.05) is 46.5 Å². The summed E-state index contributed by atoms with van der Waals surface area (Å²) >= 11 is 0. The van der Waals surface area contributed by atoms with E-state index < -0.39 is 0 Å². The normalized spacial score (nSPS) is 22.3. The molecule has 1 aromatic carbocycles. The van der Waals surface area contributed by atoms with E-state index in [0.29, 0.717) is 31.7 Å². The van der Waals surface area contributed by atoms with Gasteiger partial charge in [-0.05, 0) is 48.6 Å². The number of anilines is 1. The molecule has 30 heavy (non-hydrogen) atoms. The van der Waals surface area contributed by atoms with Crippen molar-refractivity contribution in [2.75, 3.05) is 18.0 Å². The van der Waals surface area contributed by atoms with Crippen molar-refractivity contribution in [3.05, 3.63) is 59.9 Å². The number of hydrogen-bond acceptors (Lipinski definition) is 4. The smallest absolute Gasteiger partial charge is 0.223 e. The van der Waals surface area contributed by atoms with Crippen LogP contribution in [0.1, 0.15) is 44.2 Å². The fourth-order valence-electron chi connectivity index (χ4n) is 4.88. The van der Waals surface area contributed by atoms with Crippen LogP contribution in [0, 0.1) is 0 Å². The molecule has 3 heterocycles. The lowest BCUT2D eigenvalue weighted by atomic mass is 10.1. The van der Waals surface area contributed by atoms with Gasteiger partial charge in [-0.15, -0.1) is 0 Å². The standard InChI is InChI=1S/C24H30N4O2/c1-18(29)26-16-21-5-3-4-6-24(21)27(19(2)30)14-11-22-7-8-23(17-26)28(22)15-20-9-12-25-13-10-20/h3-6,9-10,12-13,22-23H,7-8,11,14-17H2,1-2H3. The van der Waals surface area contributed by atoms with Gasteiger partial charge in [-0.3, -0.25) is 19.5 Å². The maximum absolute atomic E-state index is 12.5. The molecule has 4 rings (SSSR count). The molecule has 6 heteroatoms. The van der Waals surface area contributed by atoms with Crippen molar-refractivity contribution in [3.8, 4) is 0 Å². The average molecular weight is 407 g/mol.